The quantitative estimate of drug-likeness (QED) is 0.798. The molecule has 1 aliphatic carbocycles. The molecule has 0 radical (unpaired) electrons. The van der Waals surface area contributed by atoms with E-state index in [1.807, 2.05) is 43.2 Å². The summed E-state index contributed by atoms with van der Waals surface area (Å²) in [6.45, 7) is 0. The number of hydrogen-bond acceptors (Lipinski definition) is 4. The maximum Gasteiger partial charge on any atom is 0.259 e. The topological polar surface area (TPSA) is 64.2 Å². The monoisotopic (exact) mass is 338 g/mol. The van der Waals surface area contributed by atoms with Gasteiger partial charge in [0.25, 0.3) is 5.91 Å². The smallest absolute Gasteiger partial charge is 0.259 e. The number of thiophene rings is 1. The highest BCUT2D eigenvalue weighted by molar-refractivity contribution is 7.19. The van der Waals surface area contributed by atoms with Crippen molar-refractivity contribution in [3.8, 4) is 11.3 Å². The van der Waals surface area contributed by atoms with E-state index >= 15 is 0 Å². The molecule has 6 heteroatoms. The zero-order valence-electron chi connectivity index (χ0n) is 13.6. The summed E-state index contributed by atoms with van der Waals surface area (Å²) in [7, 11) is 3.97. The molecule has 4 rings (SSSR count). The van der Waals surface area contributed by atoms with Crippen LogP contribution < -0.4 is 10.6 Å². The van der Waals surface area contributed by atoms with Crippen LogP contribution in [0.2, 0.25) is 0 Å². The minimum absolute atomic E-state index is 0.352. The lowest BCUT2D eigenvalue weighted by molar-refractivity contribution is 0.100. The number of nitrogens with zero attached hydrogens (tertiary/aromatic N) is 3. The van der Waals surface area contributed by atoms with E-state index in [0.29, 0.717) is 4.88 Å². The van der Waals surface area contributed by atoms with Gasteiger partial charge in [0, 0.05) is 25.3 Å². The molecule has 1 aromatic carbocycles. The third-order valence-corrected chi connectivity index (χ3v) is 5.88. The molecule has 5 nitrogen and oxygen atoms in total. The first kappa shape index (κ1) is 15.0. The van der Waals surface area contributed by atoms with E-state index in [4.69, 9.17) is 5.73 Å². The molecule has 1 aliphatic rings. The van der Waals surface area contributed by atoms with Gasteiger partial charge in [-0.1, -0.05) is 18.2 Å². The van der Waals surface area contributed by atoms with Crippen LogP contribution in [0.4, 0.5) is 10.7 Å². The average molecular weight is 338 g/mol. The molecular weight excluding hydrogens is 320 g/mol. The second kappa shape index (κ2) is 5.49. The molecule has 2 heterocycles. The minimum Gasteiger partial charge on any atom is -0.365 e. The lowest BCUT2D eigenvalue weighted by atomic mass is 9.91. The van der Waals surface area contributed by atoms with Gasteiger partial charge in [0.2, 0.25) is 0 Å². The number of carbonyl (C=O) groups is 1. The van der Waals surface area contributed by atoms with E-state index in [-0.39, 0.29) is 5.91 Å². The molecule has 2 N–H and O–H groups in total. The molecule has 1 amide bonds. The van der Waals surface area contributed by atoms with Crippen LogP contribution in [-0.4, -0.2) is 22.7 Å². The lowest BCUT2D eigenvalue weighted by Gasteiger charge is -2.22. The van der Waals surface area contributed by atoms with Crippen LogP contribution in [0.3, 0.4) is 0 Å². The van der Waals surface area contributed by atoms with Crippen molar-refractivity contribution in [1.29, 1.82) is 0 Å². The Bertz CT molecular complexity index is 926. The lowest BCUT2D eigenvalue weighted by Crippen LogP contribution is -2.14. The fourth-order valence-corrected chi connectivity index (χ4v) is 4.57. The van der Waals surface area contributed by atoms with Crippen molar-refractivity contribution in [2.75, 3.05) is 11.9 Å². The number of aromatic nitrogens is 2. The molecule has 0 spiro atoms. The molecule has 24 heavy (non-hydrogen) atoms. The van der Waals surface area contributed by atoms with Crippen LogP contribution in [0.5, 0.6) is 0 Å². The van der Waals surface area contributed by atoms with Gasteiger partial charge in [0.05, 0.1) is 16.8 Å². The van der Waals surface area contributed by atoms with Crippen LogP contribution in [-0.2, 0) is 19.9 Å². The normalized spacial score (nSPS) is 12.6. The van der Waals surface area contributed by atoms with Gasteiger partial charge in [-0.05, 0) is 36.1 Å². The molecule has 0 saturated heterocycles. The molecule has 0 bridgehead atoms. The summed E-state index contributed by atoms with van der Waals surface area (Å²) >= 11 is 1.47. The van der Waals surface area contributed by atoms with Gasteiger partial charge in [-0.15, -0.1) is 11.3 Å². The van der Waals surface area contributed by atoms with Gasteiger partial charge in [0.15, 0.2) is 0 Å². The van der Waals surface area contributed by atoms with Gasteiger partial charge in [-0.3, -0.25) is 9.48 Å². The van der Waals surface area contributed by atoms with E-state index in [1.165, 1.54) is 16.9 Å². The first-order valence-corrected chi connectivity index (χ1v) is 8.65. The molecule has 0 aliphatic heterocycles. The molecule has 2 aromatic heterocycles. The van der Waals surface area contributed by atoms with E-state index < -0.39 is 0 Å². The number of primary amides is 1. The summed E-state index contributed by atoms with van der Waals surface area (Å²) in [5.74, 6) is -0.352. The number of fused-ring (bicyclic) bond motifs is 3. The van der Waals surface area contributed by atoms with Gasteiger partial charge < -0.3 is 10.6 Å². The van der Waals surface area contributed by atoms with Gasteiger partial charge in [-0.25, -0.2) is 0 Å². The molecule has 0 atom stereocenters. The fourth-order valence-electron chi connectivity index (χ4n) is 3.39. The zero-order valence-corrected chi connectivity index (χ0v) is 14.4. The van der Waals surface area contributed by atoms with E-state index in [9.17, 15) is 4.79 Å². The first-order valence-electron chi connectivity index (χ1n) is 7.83. The molecule has 0 fully saturated rings. The number of hydrogen-bond donors (Lipinski definition) is 1. The average Bonchev–Trinajstić information content (AvgIpc) is 3.16. The number of aryl methyl sites for hydroxylation is 2. The number of anilines is 2. The second-order valence-electron chi connectivity index (χ2n) is 5.99. The summed E-state index contributed by atoms with van der Waals surface area (Å²) < 4.78 is 1.90. The molecule has 0 unspecified atom stereocenters. The van der Waals surface area contributed by atoms with Gasteiger partial charge in [-0.2, -0.15) is 5.10 Å². The van der Waals surface area contributed by atoms with E-state index in [0.717, 1.165) is 40.4 Å². The highest BCUT2D eigenvalue weighted by Gasteiger charge is 2.31. The Hall–Kier alpha value is -2.60. The fraction of sp³-hybridized carbons (Fsp3) is 0.222. The standard InChI is InChI=1S/C18H18N4OS/c1-21(12-6-4-3-5-7-12)18-14-13(16(24-18)17(19)23)9-8-11-10-20-22(2)15(11)14/h3-7,10H,8-9H2,1-2H3,(H2,19,23). The van der Waals surface area contributed by atoms with Crippen molar-refractivity contribution in [2.45, 2.75) is 12.8 Å². The Morgan fingerprint density at radius 2 is 2.04 bits per heavy atom. The van der Waals surface area contributed by atoms with Crippen LogP contribution in [0, 0.1) is 0 Å². The maximum atomic E-state index is 12.0. The van der Waals surface area contributed by atoms with Crippen molar-refractivity contribution in [1.82, 2.24) is 9.78 Å². The SMILES string of the molecule is CN(c1ccccc1)c1sc(C(N)=O)c2c1-c1c(cnn1C)CC2. The Balaban J connectivity index is 1.96. The molecule has 122 valence electrons. The van der Waals surface area contributed by atoms with Crippen LogP contribution >= 0.6 is 11.3 Å². The number of carbonyl (C=O) groups excluding carboxylic acids is 1. The van der Waals surface area contributed by atoms with Crippen LogP contribution in [0.15, 0.2) is 36.5 Å². The Morgan fingerprint density at radius 3 is 2.75 bits per heavy atom. The maximum absolute atomic E-state index is 12.0. The van der Waals surface area contributed by atoms with Crippen molar-refractivity contribution in [3.63, 3.8) is 0 Å². The highest BCUT2D eigenvalue weighted by atomic mass is 32.1. The zero-order chi connectivity index (χ0) is 16.8. The number of rotatable bonds is 3. The molecular formula is C18H18N4OS. The Morgan fingerprint density at radius 1 is 1.29 bits per heavy atom. The minimum atomic E-state index is -0.352. The Labute approximate surface area is 144 Å². The van der Waals surface area contributed by atoms with Crippen molar-refractivity contribution in [2.24, 2.45) is 12.8 Å². The third-order valence-electron chi connectivity index (χ3n) is 4.56. The summed E-state index contributed by atoms with van der Waals surface area (Å²) in [4.78, 5) is 14.8. The van der Waals surface area contributed by atoms with Crippen molar-refractivity contribution < 1.29 is 4.79 Å². The second-order valence-corrected chi connectivity index (χ2v) is 6.99. The first-order chi connectivity index (χ1) is 11.6. The number of benzene rings is 1. The Kier molecular flexibility index (Phi) is 3.42. The highest BCUT2D eigenvalue weighted by Crippen LogP contribution is 2.48. The molecule has 0 saturated carbocycles. The van der Waals surface area contributed by atoms with E-state index in [1.54, 1.807) is 0 Å². The largest absolute Gasteiger partial charge is 0.365 e. The molecule has 3 aromatic rings. The summed E-state index contributed by atoms with van der Waals surface area (Å²) in [6.07, 6.45) is 3.64. The van der Waals surface area contributed by atoms with Gasteiger partial charge >= 0.3 is 0 Å². The third kappa shape index (κ3) is 2.14. The predicted octanol–water partition coefficient (Wildman–Crippen LogP) is 3.11. The van der Waals surface area contributed by atoms with Crippen molar-refractivity contribution in [3.05, 3.63) is 52.5 Å². The van der Waals surface area contributed by atoms with Crippen molar-refractivity contribution >= 4 is 27.9 Å². The predicted molar refractivity (Wildman–Crippen MR) is 97.0 cm³/mol. The summed E-state index contributed by atoms with van der Waals surface area (Å²) in [5, 5.41) is 5.45. The van der Waals surface area contributed by atoms with Crippen LogP contribution in [0.1, 0.15) is 20.8 Å². The number of amides is 1. The van der Waals surface area contributed by atoms with Crippen LogP contribution in [0.25, 0.3) is 11.3 Å². The van der Waals surface area contributed by atoms with E-state index in [2.05, 4.69) is 22.1 Å². The summed E-state index contributed by atoms with van der Waals surface area (Å²) in [5.41, 5.74) is 11.2. The number of nitrogens with two attached hydrogens (primary N) is 1. The summed E-state index contributed by atoms with van der Waals surface area (Å²) in [6, 6.07) is 10.1. The van der Waals surface area contributed by atoms with Gasteiger partial charge in [0.1, 0.15) is 5.00 Å². The number of para-hydroxylation sites is 1.